The number of nitrogens with one attached hydrogen (secondary N) is 1. The molecular weight excluding hydrogens is 166 g/mol. The van der Waals surface area contributed by atoms with Gasteiger partial charge in [0.05, 0.1) is 5.56 Å². The Morgan fingerprint density at radius 1 is 1.64 bits per heavy atom. The number of carbonyl (C=O) groups is 1. The Morgan fingerprint density at radius 3 is 2.91 bits per heavy atom. The summed E-state index contributed by atoms with van der Waals surface area (Å²) in [7, 11) is 0. The van der Waals surface area contributed by atoms with E-state index in [-0.39, 0.29) is 17.0 Å². The zero-order valence-corrected chi connectivity index (χ0v) is 6.39. The molecule has 4 heteroatoms. The second kappa shape index (κ2) is 3.34. The lowest BCUT2D eigenvalue weighted by atomic mass is 10.2. The number of alkyl halides is 1. The molecule has 0 radical (unpaired) electrons. The van der Waals surface area contributed by atoms with E-state index in [1.54, 1.807) is 0 Å². The van der Waals surface area contributed by atoms with Crippen molar-refractivity contribution in [2.24, 2.45) is 0 Å². The predicted octanol–water partition coefficient (Wildman–Crippen LogP) is 0.926. The normalized spacial score (nSPS) is 9.55. The van der Waals surface area contributed by atoms with Gasteiger partial charge in [-0.05, 0) is 11.6 Å². The molecule has 0 aromatic carbocycles. The lowest BCUT2D eigenvalue weighted by Gasteiger charge is -1.93. The van der Waals surface area contributed by atoms with E-state index in [2.05, 4.69) is 4.98 Å². The quantitative estimate of drug-likeness (QED) is 0.532. The van der Waals surface area contributed by atoms with Crippen molar-refractivity contribution in [1.29, 1.82) is 0 Å². The first kappa shape index (κ1) is 8.01. The van der Waals surface area contributed by atoms with Crippen LogP contribution in [0.4, 0.5) is 0 Å². The predicted molar refractivity (Wildman–Crippen MR) is 42.0 cm³/mol. The average Bonchev–Trinajstić information content (AvgIpc) is 2.05. The zero-order valence-electron chi connectivity index (χ0n) is 5.63. The standard InChI is InChI=1S/C7H6ClNO2/c8-2-5-1-6(4-10)7(11)9-3-5/h1,3-4H,2H2,(H,9,11). The summed E-state index contributed by atoms with van der Waals surface area (Å²) in [6.45, 7) is 0. The number of hydrogen-bond donors (Lipinski definition) is 1. The van der Waals surface area contributed by atoms with Crippen molar-refractivity contribution < 1.29 is 4.79 Å². The summed E-state index contributed by atoms with van der Waals surface area (Å²) in [5, 5.41) is 0. The van der Waals surface area contributed by atoms with Crippen molar-refractivity contribution in [2.45, 2.75) is 5.88 Å². The van der Waals surface area contributed by atoms with E-state index in [4.69, 9.17) is 11.6 Å². The molecule has 0 unspecified atom stereocenters. The third-order valence-electron chi connectivity index (χ3n) is 1.27. The molecule has 0 saturated carbocycles. The Labute approximate surface area is 68.0 Å². The fourth-order valence-electron chi connectivity index (χ4n) is 0.713. The largest absolute Gasteiger partial charge is 0.328 e. The minimum absolute atomic E-state index is 0.114. The van der Waals surface area contributed by atoms with E-state index in [0.29, 0.717) is 6.29 Å². The van der Waals surface area contributed by atoms with Crippen LogP contribution in [0.25, 0.3) is 0 Å². The number of H-pyrrole nitrogens is 1. The van der Waals surface area contributed by atoms with Crippen molar-refractivity contribution in [3.63, 3.8) is 0 Å². The lowest BCUT2D eigenvalue weighted by molar-refractivity contribution is 0.112. The second-order valence-corrected chi connectivity index (χ2v) is 2.31. The van der Waals surface area contributed by atoms with Gasteiger partial charge in [0.15, 0.2) is 6.29 Å². The molecule has 58 valence electrons. The highest BCUT2D eigenvalue weighted by Crippen LogP contribution is 1.99. The monoisotopic (exact) mass is 171 g/mol. The van der Waals surface area contributed by atoms with Gasteiger partial charge < -0.3 is 4.98 Å². The maximum Gasteiger partial charge on any atom is 0.258 e. The lowest BCUT2D eigenvalue weighted by Crippen LogP contribution is -2.11. The Bertz CT molecular complexity index is 318. The van der Waals surface area contributed by atoms with E-state index < -0.39 is 0 Å². The van der Waals surface area contributed by atoms with Gasteiger partial charge in [-0.3, -0.25) is 9.59 Å². The van der Waals surface area contributed by atoms with Crippen molar-refractivity contribution >= 4 is 17.9 Å². The molecule has 0 aliphatic rings. The minimum atomic E-state index is -0.381. The number of halogens is 1. The van der Waals surface area contributed by atoms with Gasteiger partial charge in [-0.2, -0.15) is 0 Å². The molecule has 1 heterocycles. The highest BCUT2D eigenvalue weighted by atomic mass is 35.5. The first-order valence-electron chi connectivity index (χ1n) is 3.00. The Hall–Kier alpha value is -1.09. The van der Waals surface area contributed by atoms with Crippen LogP contribution < -0.4 is 5.56 Å². The topological polar surface area (TPSA) is 49.9 Å². The molecule has 1 aromatic heterocycles. The summed E-state index contributed by atoms with van der Waals surface area (Å²) in [6, 6.07) is 1.47. The van der Waals surface area contributed by atoms with Gasteiger partial charge in [-0.1, -0.05) is 0 Å². The van der Waals surface area contributed by atoms with E-state index in [9.17, 15) is 9.59 Å². The van der Waals surface area contributed by atoms with Gasteiger partial charge in [-0.15, -0.1) is 11.6 Å². The van der Waals surface area contributed by atoms with E-state index in [1.807, 2.05) is 0 Å². The van der Waals surface area contributed by atoms with Crippen LogP contribution in [-0.2, 0) is 5.88 Å². The summed E-state index contributed by atoms with van der Waals surface area (Å²) in [4.78, 5) is 23.4. The molecule has 0 bridgehead atoms. The summed E-state index contributed by atoms with van der Waals surface area (Å²) < 4.78 is 0. The molecule has 1 aromatic rings. The minimum Gasteiger partial charge on any atom is -0.328 e. The van der Waals surface area contributed by atoms with Crippen molar-refractivity contribution in [3.8, 4) is 0 Å². The second-order valence-electron chi connectivity index (χ2n) is 2.04. The van der Waals surface area contributed by atoms with Gasteiger partial charge in [0.1, 0.15) is 0 Å². The first-order valence-corrected chi connectivity index (χ1v) is 3.54. The first-order chi connectivity index (χ1) is 5.27. The van der Waals surface area contributed by atoms with Crippen LogP contribution in [0.15, 0.2) is 17.1 Å². The Balaban J connectivity index is 3.23. The highest BCUT2D eigenvalue weighted by molar-refractivity contribution is 6.17. The SMILES string of the molecule is O=Cc1cc(CCl)c[nH]c1=O. The molecule has 3 nitrogen and oxygen atoms in total. The van der Waals surface area contributed by atoms with Crippen molar-refractivity contribution in [2.75, 3.05) is 0 Å². The third kappa shape index (κ3) is 1.68. The summed E-state index contributed by atoms with van der Waals surface area (Å²) in [5.41, 5.74) is 0.463. The molecule has 1 N–H and O–H groups in total. The van der Waals surface area contributed by atoms with Crippen LogP contribution in [-0.4, -0.2) is 11.3 Å². The van der Waals surface area contributed by atoms with Gasteiger partial charge in [-0.25, -0.2) is 0 Å². The van der Waals surface area contributed by atoms with E-state index >= 15 is 0 Å². The van der Waals surface area contributed by atoms with Gasteiger partial charge in [0.25, 0.3) is 5.56 Å². The summed E-state index contributed by atoms with van der Waals surface area (Å²) in [6.07, 6.45) is 2.00. The molecule has 0 fully saturated rings. The van der Waals surface area contributed by atoms with Gasteiger partial charge >= 0.3 is 0 Å². The summed E-state index contributed by atoms with van der Waals surface area (Å²) >= 11 is 5.47. The van der Waals surface area contributed by atoms with Crippen LogP contribution in [0.2, 0.25) is 0 Å². The third-order valence-corrected chi connectivity index (χ3v) is 1.58. The summed E-state index contributed by atoms with van der Waals surface area (Å²) in [5.74, 6) is 0.289. The molecule has 11 heavy (non-hydrogen) atoms. The fourth-order valence-corrected chi connectivity index (χ4v) is 0.868. The van der Waals surface area contributed by atoms with Crippen LogP contribution >= 0.6 is 11.6 Å². The molecular formula is C7H6ClNO2. The number of aromatic nitrogens is 1. The van der Waals surface area contributed by atoms with E-state index in [1.165, 1.54) is 12.3 Å². The molecule has 1 rings (SSSR count). The number of hydrogen-bond acceptors (Lipinski definition) is 2. The molecule has 0 spiro atoms. The van der Waals surface area contributed by atoms with Crippen LogP contribution in [0.1, 0.15) is 15.9 Å². The smallest absolute Gasteiger partial charge is 0.258 e. The van der Waals surface area contributed by atoms with Crippen LogP contribution in [0.3, 0.4) is 0 Å². The molecule has 0 saturated heterocycles. The highest BCUT2D eigenvalue weighted by Gasteiger charge is 1.97. The van der Waals surface area contributed by atoms with Crippen molar-refractivity contribution in [1.82, 2.24) is 4.98 Å². The van der Waals surface area contributed by atoms with Gasteiger partial charge in [0, 0.05) is 12.1 Å². The molecule has 0 atom stereocenters. The maximum absolute atomic E-state index is 10.8. The number of pyridine rings is 1. The van der Waals surface area contributed by atoms with Crippen molar-refractivity contribution in [3.05, 3.63) is 33.7 Å². The zero-order chi connectivity index (χ0) is 8.27. The molecule has 0 aliphatic carbocycles. The van der Waals surface area contributed by atoms with E-state index in [0.717, 1.165) is 5.56 Å². The van der Waals surface area contributed by atoms with Gasteiger partial charge in [0.2, 0.25) is 0 Å². The Kier molecular flexibility index (Phi) is 2.44. The molecule has 0 amide bonds. The Morgan fingerprint density at radius 2 is 2.36 bits per heavy atom. The number of carbonyl (C=O) groups excluding carboxylic acids is 1. The fraction of sp³-hybridized carbons (Fsp3) is 0.143. The number of aromatic amines is 1. The van der Waals surface area contributed by atoms with Crippen LogP contribution in [0.5, 0.6) is 0 Å². The number of rotatable bonds is 2. The average molecular weight is 172 g/mol. The molecule has 0 aliphatic heterocycles. The number of aldehydes is 1. The van der Waals surface area contributed by atoms with Crippen LogP contribution in [0, 0.1) is 0 Å². The maximum atomic E-state index is 10.8.